The minimum Gasteiger partial charge on any atom is -0.378 e. The molecule has 1 unspecified atom stereocenters. The van der Waals surface area contributed by atoms with Gasteiger partial charge in [0.2, 0.25) is 5.91 Å². The molecule has 1 aliphatic rings. The highest BCUT2D eigenvalue weighted by atomic mass is 16.5. The van der Waals surface area contributed by atoms with Gasteiger partial charge in [0.05, 0.1) is 23.7 Å². The van der Waals surface area contributed by atoms with Crippen LogP contribution in [0, 0.1) is 6.92 Å². The van der Waals surface area contributed by atoms with E-state index in [1.807, 2.05) is 33.0 Å². The van der Waals surface area contributed by atoms with Crippen molar-refractivity contribution in [2.75, 3.05) is 19.1 Å². The standard InChI is InChI=1S/C15H17N3O2/c1-8-10-5-12-11(6-14(10)18(3)15(8)19)13(7-20-4)17-9(2)16-12/h5-6,8H,7H2,1-4H3. The van der Waals surface area contributed by atoms with Gasteiger partial charge in [0.1, 0.15) is 5.82 Å². The maximum atomic E-state index is 12.1. The second kappa shape index (κ2) is 4.52. The molecule has 1 aromatic heterocycles. The van der Waals surface area contributed by atoms with Crippen LogP contribution >= 0.6 is 0 Å². The van der Waals surface area contributed by atoms with Crippen LogP contribution in [0.15, 0.2) is 12.1 Å². The molecule has 1 amide bonds. The Labute approximate surface area is 117 Å². The molecular weight excluding hydrogens is 254 g/mol. The van der Waals surface area contributed by atoms with Gasteiger partial charge < -0.3 is 9.64 Å². The highest BCUT2D eigenvalue weighted by Gasteiger charge is 2.32. The predicted molar refractivity (Wildman–Crippen MR) is 76.8 cm³/mol. The summed E-state index contributed by atoms with van der Waals surface area (Å²) in [6.07, 6.45) is 0. The molecular formula is C15H17N3O2. The Morgan fingerprint density at radius 1 is 1.35 bits per heavy atom. The Kier molecular flexibility index (Phi) is 2.94. The van der Waals surface area contributed by atoms with E-state index in [2.05, 4.69) is 9.97 Å². The first-order chi connectivity index (χ1) is 9.52. The summed E-state index contributed by atoms with van der Waals surface area (Å²) in [6.45, 7) is 4.24. The van der Waals surface area contributed by atoms with Crippen LogP contribution in [-0.4, -0.2) is 30.0 Å². The third-order valence-electron chi connectivity index (χ3n) is 3.84. The van der Waals surface area contributed by atoms with Crippen LogP contribution < -0.4 is 4.90 Å². The number of hydrogen-bond acceptors (Lipinski definition) is 4. The maximum absolute atomic E-state index is 12.1. The second-order valence-electron chi connectivity index (χ2n) is 5.20. The molecule has 1 atom stereocenters. The van der Waals surface area contributed by atoms with E-state index in [-0.39, 0.29) is 11.8 Å². The lowest BCUT2D eigenvalue weighted by Crippen LogP contribution is -2.22. The van der Waals surface area contributed by atoms with Gasteiger partial charge in [0, 0.05) is 25.2 Å². The van der Waals surface area contributed by atoms with E-state index in [4.69, 9.17) is 4.74 Å². The number of fused-ring (bicyclic) bond motifs is 2. The highest BCUT2D eigenvalue weighted by molar-refractivity contribution is 6.06. The Hall–Kier alpha value is -2.01. The molecule has 20 heavy (non-hydrogen) atoms. The number of aryl methyl sites for hydroxylation is 1. The number of carbonyl (C=O) groups is 1. The molecule has 1 aliphatic heterocycles. The molecule has 0 radical (unpaired) electrons. The number of likely N-dealkylation sites (N-methyl/N-ethyl adjacent to an activating group) is 1. The lowest BCUT2D eigenvalue weighted by Gasteiger charge is -2.12. The molecule has 0 saturated heterocycles. The van der Waals surface area contributed by atoms with Crippen LogP contribution in [0.5, 0.6) is 0 Å². The molecule has 5 nitrogen and oxygen atoms in total. The largest absolute Gasteiger partial charge is 0.378 e. The number of aromatic nitrogens is 2. The van der Waals surface area contributed by atoms with E-state index in [0.717, 1.165) is 33.7 Å². The summed E-state index contributed by atoms with van der Waals surface area (Å²) in [5.74, 6) is 0.726. The fraction of sp³-hybridized carbons (Fsp3) is 0.400. The van der Waals surface area contributed by atoms with Crippen LogP contribution in [-0.2, 0) is 16.1 Å². The van der Waals surface area contributed by atoms with E-state index in [9.17, 15) is 4.79 Å². The zero-order chi connectivity index (χ0) is 14.4. The maximum Gasteiger partial charge on any atom is 0.234 e. The zero-order valence-electron chi connectivity index (χ0n) is 12.1. The molecule has 0 fully saturated rings. The van der Waals surface area contributed by atoms with Crippen LogP contribution in [0.2, 0.25) is 0 Å². The number of carbonyl (C=O) groups excluding carboxylic acids is 1. The van der Waals surface area contributed by atoms with Crippen molar-refractivity contribution in [1.82, 2.24) is 9.97 Å². The number of rotatable bonds is 2. The van der Waals surface area contributed by atoms with Crippen LogP contribution in [0.4, 0.5) is 5.69 Å². The molecule has 2 heterocycles. The average molecular weight is 271 g/mol. The molecule has 1 aromatic carbocycles. The fourth-order valence-electron chi connectivity index (χ4n) is 2.80. The molecule has 5 heteroatoms. The van der Waals surface area contributed by atoms with Gasteiger partial charge in [0.25, 0.3) is 0 Å². The van der Waals surface area contributed by atoms with Crippen molar-refractivity contribution in [2.24, 2.45) is 0 Å². The van der Waals surface area contributed by atoms with Gasteiger partial charge in [-0.3, -0.25) is 4.79 Å². The molecule has 0 saturated carbocycles. The van der Waals surface area contributed by atoms with Crippen molar-refractivity contribution in [1.29, 1.82) is 0 Å². The van der Waals surface area contributed by atoms with Crippen molar-refractivity contribution in [3.63, 3.8) is 0 Å². The first kappa shape index (κ1) is 13.0. The monoisotopic (exact) mass is 271 g/mol. The third kappa shape index (κ3) is 1.78. The van der Waals surface area contributed by atoms with E-state index in [1.165, 1.54) is 0 Å². The van der Waals surface area contributed by atoms with Crippen molar-refractivity contribution in [3.05, 3.63) is 29.2 Å². The smallest absolute Gasteiger partial charge is 0.234 e. The summed E-state index contributed by atoms with van der Waals surface area (Å²) >= 11 is 0. The van der Waals surface area contributed by atoms with Gasteiger partial charge >= 0.3 is 0 Å². The van der Waals surface area contributed by atoms with Crippen molar-refractivity contribution < 1.29 is 9.53 Å². The topological polar surface area (TPSA) is 55.3 Å². The van der Waals surface area contributed by atoms with Crippen molar-refractivity contribution in [2.45, 2.75) is 26.4 Å². The molecule has 0 N–H and O–H groups in total. The number of methoxy groups -OCH3 is 1. The lowest BCUT2D eigenvalue weighted by atomic mass is 10.0. The van der Waals surface area contributed by atoms with Crippen LogP contribution in [0.3, 0.4) is 0 Å². The minimum atomic E-state index is -0.111. The average Bonchev–Trinajstić information content (AvgIpc) is 2.62. The summed E-state index contributed by atoms with van der Waals surface area (Å²) in [4.78, 5) is 22.7. The number of ether oxygens (including phenoxy) is 1. The number of amides is 1. The number of hydrogen-bond donors (Lipinski definition) is 0. The van der Waals surface area contributed by atoms with Crippen molar-refractivity contribution in [3.8, 4) is 0 Å². The van der Waals surface area contributed by atoms with Gasteiger partial charge in [-0.2, -0.15) is 0 Å². The molecule has 104 valence electrons. The van der Waals surface area contributed by atoms with Gasteiger partial charge in [-0.1, -0.05) is 0 Å². The van der Waals surface area contributed by atoms with Gasteiger partial charge in [-0.05, 0) is 31.5 Å². The fourth-order valence-corrected chi connectivity index (χ4v) is 2.80. The van der Waals surface area contributed by atoms with Crippen LogP contribution in [0.25, 0.3) is 10.9 Å². The molecule has 2 aromatic rings. The first-order valence-electron chi connectivity index (χ1n) is 6.60. The van der Waals surface area contributed by atoms with E-state index in [0.29, 0.717) is 6.61 Å². The highest BCUT2D eigenvalue weighted by Crippen LogP contribution is 2.39. The Balaban J connectivity index is 2.29. The van der Waals surface area contributed by atoms with Gasteiger partial charge in [-0.15, -0.1) is 0 Å². The van der Waals surface area contributed by atoms with E-state index >= 15 is 0 Å². The van der Waals surface area contributed by atoms with Crippen LogP contribution in [0.1, 0.15) is 29.9 Å². The quantitative estimate of drug-likeness (QED) is 0.840. The number of anilines is 1. The van der Waals surface area contributed by atoms with Gasteiger partial charge in [-0.25, -0.2) is 9.97 Å². The Bertz CT molecular complexity index is 712. The number of benzene rings is 1. The molecule has 3 rings (SSSR count). The SMILES string of the molecule is COCc1nc(C)nc2cc3c(cc12)N(C)C(=O)C3C. The Morgan fingerprint density at radius 2 is 2.10 bits per heavy atom. The summed E-state index contributed by atoms with van der Waals surface area (Å²) < 4.78 is 5.21. The first-order valence-corrected chi connectivity index (χ1v) is 6.60. The second-order valence-corrected chi connectivity index (χ2v) is 5.20. The zero-order valence-corrected chi connectivity index (χ0v) is 12.1. The summed E-state index contributed by atoms with van der Waals surface area (Å²) in [5, 5.41) is 0.949. The molecule has 0 spiro atoms. The summed E-state index contributed by atoms with van der Waals surface area (Å²) in [5.41, 5.74) is 3.71. The molecule has 0 aliphatic carbocycles. The third-order valence-corrected chi connectivity index (χ3v) is 3.84. The summed E-state index contributed by atoms with van der Waals surface area (Å²) in [6, 6.07) is 4.00. The van der Waals surface area contributed by atoms with Gasteiger partial charge in [0.15, 0.2) is 0 Å². The predicted octanol–water partition coefficient (Wildman–Crippen LogP) is 2.16. The Morgan fingerprint density at radius 3 is 2.80 bits per heavy atom. The lowest BCUT2D eigenvalue weighted by molar-refractivity contribution is -0.118. The summed E-state index contributed by atoms with van der Waals surface area (Å²) in [7, 11) is 3.45. The van der Waals surface area contributed by atoms with E-state index in [1.54, 1.807) is 12.0 Å². The van der Waals surface area contributed by atoms with Crippen molar-refractivity contribution >= 4 is 22.5 Å². The minimum absolute atomic E-state index is 0.111. The van der Waals surface area contributed by atoms with E-state index < -0.39 is 0 Å². The number of nitrogens with zero attached hydrogens (tertiary/aromatic N) is 3. The molecule has 0 bridgehead atoms. The normalized spacial score (nSPS) is 17.9.